The molecule has 0 saturated heterocycles. The molecule has 106 valence electrons. The fourth-order valence-electron chi connectivity index (χ4n) is 2.16. The number of benzene rings is 1. The second-order valence-corrected chi connectivity index (χ2v) is 6.35. The summed E-state index contributed by atoms with van der Waals surface area (Å²) in [6, 6.07) is 5.56. The molecular formula is C15H18FN3S. The van der Waals surface area contributed by atoms with Crippen molar-refractivity contribution in [2.45, 2.75) is 38.6 Å². The third kappa shape index (κ3) is 3.41. The Kier molecular flexibility index (Phi) is 4.08. The van der Waals surface area contributed by atoms with Gasteiger partial charge in [-0.2, -0.15) is 0 Å². The highest BCUT2D eigenvalue weighted by Gasteiger charge is 2.19. The van der Waals surface area contributed by atoms with Crippen molar-refractivity contribution in [3.63, 3.8) is 0 Å². The number of rotatable bonds is 6. The van der Waals surface area contributed by atoms with Crippen LogP contribution in [0.25, 0.3) is 10.6 Å². The molecule has 1 aromatic carbocycles. The van der Waals surface area contributed by atoms with Crippen LogP contribution in [-0.4, -0.2) is 22.8 Å². The molecule has 20 heavy (non-hydrogen) atoms. The number of hydrogen-bond acceptors (Lipinski definition) is 4. The molecule has 1 fully saturated rings. The highest BCUT2D eigenvalue weighted by atomic mass is 32.1. The number of nitrogens with one attached hydrogen (secondary N) is 1. The molecule has 1 aromatic heterocycles. The smallest absolute Gasteiger partial charge is 0.148 e. The van der Waals surface area contributed by atoms with Gasteiger partial charge >= 0.3 is 0 Å². The van der Waals surface area contributed by atoms with E-state index in [1.165, 1.54) is 25.0 Å². The molecular weight excluding hydrogens is 273 g/mol. The lowest BCUT2D eigenvalue weighted by atomic mass is 10.1. The van der Waals surface area contributed by atoms with E-state index in [4.69, 9.17) is 0 Å². The summed E-state index contributed by atoms with van der Waals surface area (Å²) in [4.78, 5) is 0. The van der Waals surface area contributed by atoms with Crippen molar-refractivity contribution < 1.29 is 4.39 Å². The van der Waals surface area contributed by atoms with Crippen LogP contribution in [0.4, 0.5) is 4.39 Å². The molecule has 0 unspecified atom stereocenters. The van der Waals surface area contributed by atoms with E-state index in [0.29, 0.717) is 0 Å². The van der Waals surface area contributed by atoms with Gasteiger partial charge in [0.25, 0.3) is 0 Å². The maximum atomic E-state index is 13.1. The Morgan fingerprint density at radius 3 is 2.95 bits per heavy atom. The summed E-state index contributed by atoms with van der Waals surface area (Å²) in [5.41, 5.74) is 1.88. The van der Waals surface area contributed by atoms with Gasteiger partial charge in [-0.15, -0.1) is 10.2 Å². The molecule has 1 aliphatic carbocycles. The minimum absolute atomic E-state index is 0.206. The van der Waals surface area contributed by atoms with Gasteiger partial charge < -0.3 is 5.32 Å². The van der Waals surface area contributed by atoms with Crippen molar-refractivity contribution in [2.75, 3.05) is 6.54 Å². The summed E-state index contributed by atoms with van der Waals surface area (Å²) in [6.07, 6.45) is 4.70. The first-order valence-corrected chi connectivity index (χ1v) is 7.86. The molecule has 2 aromatic rings. The van der Waals surface area contributed by atoms with Gasteiger partial charge in [-0.25, -0.2) is 4.39 Å². The Hall–Kier alpha value is -1.33. The molecule has 0 amide bonds. The van der Waals surface area contributed by atoms with Crippen molar-refractivity contribution in [3.05, 3.63) is 34.6 Å². The summed E-state index contributed by atoms with van der Waals surface area (Å²) in [5, 5.41) is 13.9. The van der Waals surface area contributed by atoms with Crippen molar-refractivity contribution in [2.24, 2.45) is 0 Å². The van der Waals surface area contributed by atoms with Gasteiger partial charge in [-0.3, -0.25) is 0 Å². The standard InChI is InChI=1S/C15H18FN3S/c1-10-9-11(16)4-7-13(10)15-19-18-14(20-15)3-2-8-17-12-5-6-12/h4,7,9,12,17H,2-3,5-6,8H2,1H3. The summed E-state index contributed by atoms with van der Waals surface area (Å²) >= 11 is 1.61. The second-order valence-electron chi connectivity index (χ2n) is 5.29. The summed E-state index contributed by atoms with van der Waals surface area (Å²) in [7, 11) is 0. The molecule has 1 heterocycles. The van der Waals surface area contributed by atoms with E-state index >= 15 is 0 Å². The molecule has 1 saturated carbocycles. The monoisotopic (exact) mass is 291 g/mol. The van der Waals surface area contributed by atoms with E-state index in [-0.39, 0.29) is 5.82 Å². The zero-order valence-corrected chi connectivity index (χ0v) is 12.3. The van der Waals surface area contributed by atoms with Crippen LogP contribution in [0, 0.1) is 12.7 Å². The molecule has 3 nitrogen and oxygen atoms in total. The third-order valence-electron chi connectivity index (χ3n) is 3.46. The second kappa shape index (κ2) is 5.97. The van der Waals surface area contributed by atoms with E-state index in [9.17, 15) is 4.39 Å². The van der Waals surface area contributed by atoms with Gasteiger partial charge in [0.15, 0.2) is 0 Å². The van der Waals surface area contributed by atoms with E-state index in [1.54, 1.807) is 17.4 Å². The van der Waals surface area contributed by atoms with Gasteiger partial charge in [0.05, 0.1) is 0 Å². The van der Waals surface area contributed by atoms with Gasteiger partial charge in [-0.05, 0) is 56.5 Å². The van der Waals surface area contributed by atoms with Crippen LogP contribution in [0.2, 0.25) is 0 Å². The van der Waals surface area contributed by atoms with Crippen LogP contribution in [0.15, 0.2) is 18.2 Å². The quantitative estimate of drug-likeness (QED) is 0.830. The minimum Gasteiger partial charge on any atom is -0.314 e. The lowest BCUT2D eigenvalue weighted by Gasteiger charge is -2.01. The Morgan fingerprint density at radius 1 is 1.35 bits per heavy atom. The highest BCUT2D eigenvalue weighted by molar-refractivity contribution is 7.14. The molecule has 0 atom stereocenters. The molecule has 0 radical (unpaired) electrons. The van der Waals surface area contributed by atoms with Crippen LogP contribution in [0.1, 0.15) is 29.8 Å². The van der Waals surface area contributed by atoms with Gasteiger partial charge in [-0.1, -0.05) is 11.3 Å². The average Bonchev–Trinajstić information content (AvgIpc) is 3.13. The minimum atomic E-state index is -0.206. The highest BCUT2D eigenvalue weighted by Crippen LogP contribution is 2.27. The number of aromatic nitrogens is 2. The van der Waals surface area contributed by atoms with E-state index < -0.39 is 0 Å². The lowest BCUT2D eigenvalue weighted by molar-refractivity contribution is 0.627. The van der Waals surface area contributed by atoms with Crippen LogP contribution >= 0.6 is 11.3 Å². The number of halogens is 1. The Labute approximate surface area is 122 Å². The summed E-state index contributed by atoms with van der Waals surface area (Å²) in [6.45, 7) is 2.95. The molecule has 0 aliphatic heterocycles. The van der Waals surface area contributed by atoms with Crippen LogP contribution in [0.5, 0.6) is 0 Å². The first kappa shape index (κ1) is 13.6. The SMILES string of the molecule is Cc1cc(F)ccc1-c1nnc(CCCNC2CC2)s1. The summed E-state index contributed by atoms with van der Waals surface area (Å²) in [5.74, 6) is -0.206. The predicted octanol–water partition coefficient (Wildman–Crippen LogP) is 3.34. The lowest BCUT2D eigenvalue weighted by Crippen LogP contribution is -2.17. The van der Waals surface area contributed by atoms with Crippen molar-refractivity contribution >= 4 is 11.3 Å². The fourth-order valence-corrected chi connectivity index (χ4v) is 3.14. The number of nitrogens with zero attached hydrogens (tertiary/aromatic N) is 2. The largest absolute Gasteiger partial charge is 0.314 e. The van der Waals surface area contributed by atoms with Crippen LogP contribution < -0.4 is 5.32 Å². The normalized spacial score (nSPS) is 14.7. The molecule has 1 N–H and O–H groups in total. The van der Waals surface area contributed by atoms with E-state index in [1.807, 2.05) is 6.92 Å². The first-order chi connectivity index (χ1) is 9.72. The van der Waals surface area contributed by atoms with Crippen LogP contribution in [0.3, 0.4) is 0 Å². The third-order valence-corrected chi connectivity index (χ3v) is 4.48. The molecule has 3 rings (SSSR count). The number of hydrogen-bond donors (Lipinski definition) is 1. The fraction of sp³-hybridized carbons (Fsp3) is 0.467. The topological polar surface area (TPSA) is 37.8 Å². The molecule has 5 heteroatoms. The predicted molar refractivity (Wildman–Crippen MR) is 79.4 cm³/mol. The van der Waals surface area contributed by atoms with Gasteiger partial charge in [0.1, 0.15) is 15.8 Å². The number of aryl methyl sites for hydroxylation is 2. The summed E-state index contributed by atoms with van der Waals surface area (Å²) < 4.78 is 13.1. The molecule has 0 spiro atoms. The first-order valence-electron chi connectivity index (χ1n) is 7.04. The Bertz CT molecular complexity index is 593. The zero-order chi connectivity index (χ0) is 13.9. The molecule has 0 bridgehead atoms. The van der Waals surface area contributed by atoms with Crippen molar-refractivity contribution in [3.8, 4) is 10.6 Å². The molecule has 1 aliphatic rings. The zero-order valence-electron chi connectivity index (χ0n) is 11.5. The van der Waals surface area contributed by atoms with Crippen molar-refractivity contribution in [1.29, 1.82) is 0 Å². The van der Waals surface area contributed by atoms with Gasteiger partial charge in [0.2, 0.25) is 0 Å². The van der Waals surface area contributed by atoms with Crippen molar-refractivity contribution in [1.82, 2.24) is 15.5 Å². The van der Waals surface area contributed by atoms with E-state index in [0.717, 1.165) is 46.6 Å². The van der Waals surface area contributed by atoms with E-state index in [2.05, 4.69) is 15.5 Å². The maximum absolute atomic E-state index is 13.1. The van der Waals surface area contributed by atoms with Gasteiger partial charge in [0, 0.05) is 18.0 Å². The Balaban J connectivity index is 1.60. The maximum Gasteiger partial charge on any atom is 0.148 e. The Morgan fingerprint density at radius 2 is 2.20 bits per heavy atom. The van der Waals surface area contributed by atoms with Crippen LogP contribution in [-0.2, 0) is 6.42 Å². The average molecular weight is 291 g/mol.